The first kappa shape index (κ1) is 15.9. The molecule has 2 aromatic heterocycles. The molecule has 0 unspecified atom stereocenters. The number of ether oxygens (including phenoxy) is 1. The smallest absolute Gasteiger partial charge is 0.139 e. The van der Waals surface area contributed by atoms with E-state index in [2.05, 4.69) is 27.2 Å². The second-order valence-corrected chi connectivity index (χ2v) is 5.91. The molecule has 2 aromatic rings. The summed E-state index contributed by atoms with van der Waals surface area (Å²) in [6.45, 7) is 1.53. The summed E-state index contributed by atoms with van der Waals surface area (Å²) >= 11 is 0. The molecular formula is C16H22FN5O. The predicted molar refractivity (Wildman–Crippen MR) is 84.6 cm³/mol. The van der Waals surface area contributed by atoms with E-state index >= 15 is 0 Å². The lowest BCUT2D eigenvalue weighted by molar-refractivity contribution is 0.0767. The number of halogens is 1. The van der Waals surface area contributed by atoms with Gasteiger partial charge in [-0.25, -0.2) is 4.68 Å². The van der Waals surface area contributed by atoms with E-state index in [4.69, 9.17) is 4.74 Å². The minimum atomic E-state index is -0.284. The van der Waals surface area contributed by atoms with Gasteiger partial charge in [0.2, 0.25) is 0 Å². The number of hydrogen-bond donors (Lipinski definition) is 0. The van der Waals surface area contributed by atoms with Gasteiger partial charge in [0.15, 0.2) is 0 Å². The van der Waals surface area contributed by atoms with Gasteiger partial charge in [0.05, 0.1) is 36.6 Å². The Balaban J connectivity index is 1.60. The molecule has 3 heterocycles. The number of rotatable bonds is 8. The van der Waals surface area contributed by atoms with Crippen LogP contribution in [0.1, 0.15) is 25.0 Å². The molecule has 1 aliphatic rings. The molecule has 0 bridgehead atoms. The zero-order chi connectivity index (χ0) is 16.1. The molecule has 1 fully saturated rings. The summed E-state index contributed by atoms with van der Waals surface area (Å²) in [5.74, 6) is 0.734. The Hall–Kier alpha value is -2.02. The predicted octanol–water partition coefficient (Wildman–Crippen LogP) is 2.04. The monoisotopic (exact) mass is 319 g/mol. The van der Waals surface area contributed by atoms with Crippen molar-refractivity contribution in [1.29, 1.82) is 0 Å². The molecular weight excluding hydrogens is 297 g/mol. The average molecular weight is 319 g/mol. The minimum absolute atomic E-state index is 0.284. The molecule has 0 spiro atoms. The maximum atomic E-state index is 12.1. The van der Waals surface area contributed by atoms with Crippen LogP contribution in [0, 0.1) is 0 Å². The van der Waals surface area contributed by atoms with Crippen LogP contribution in [0.2, 0.25) is 0 Å². The number of aryl methyl sites for hydroxylation is 1. The molecule has 6 nitrogen and oxygen atoms in total. The van der Waals surface area contributed by atoms with Crippen molar-refractivity contribution in [3.8, 4) is 11.4 Å². The maximum Gasteiger partial charge on any atom is 0.139 e. The van der Waals surface area contributed by atoms with Gasteiger partial charge in [0.25, 0.3) is 0 Å². The molecule has 0 radical (unpaired) electrons. The zero-order valence-corrected chi connectivity index (χ0v) is 13.4. The van der Waals surface area contributed by atoms with Crippen LogP contribution in [0.4, 0.5) is 4.39 Å². The normalized spacial score (nSPS) is 17.9. The Labute approximate surface area is 135 Å². The Bertz CT molecular complexity index is 632. The van der Waals surface area contributed by atoms with Crippen molar-refractivity contribution in [3.63, 3.8) is 0 Å². The third kappa shape index (κ3) is 4.04. The second kappa shape index (κ2) is 7.50. The van der Waals surface area contributed by atoms with E-state index in [1.54, 1.807) is 17.1 Å². The Morgan fingerprint density at radius 1 is 1.35 bits per heavy atom. The third-order valence-electron chi connectivity index (χ3n) is 4.20. The summed E-state index contributed by atoms with van der Waals surface area (Å²) in [6, 6.07) is 2.40. The minimum Gasteiger partial charge on any atom is -0.490 e. The summed E-state index contributed by atoms with van der Waals surface area (Å²) < 4.78 is 19.6. The highest BCUT2D eigenvalue weighted by molar-refractivity contribution is 5.34. The molecule has 1 aliphatic heterocycles. The highest BCUT2D eigenvalue weighted by atomic mass is 19.1. The third-order valence-corrected chi connectivity index (χ3v) is 4.20. The number of nitrogens with zero attached hydrogens (tertiary/aromatic N) is 5. The van der Waals surface area contributed by atoms with Crippen LogP contribution >= 0.6 is 0 Å². The molecule has 0 aromatic carbocycles. The van der Waals surface area contributed by atoms with E-state index < -0.39 is 0 Å². The van der Waals surface area contributed by atoms with Crippen LogP contribution in [0.15, 0.2) is 24.7 Å². The van der Waals surface area contributed by atoms with Gasteiger partial charge in [-0.1, -0.05) is 5.21 Å². The first-order chi connectivity index (χ1) is 11.3. The Morgan fingerprint density at radius 2 is 2.26 bits per heavy atom. The summed E-state index contributed by atoms with van der Waals surface area (Å²) in [4.78, 5) is 6.49. The quantitative estimate of drug-likeness (QED) is 0.697. The van der Waals surface area contributed by atoms with Crippen molar-refractivity contribution in [2.75, 3.05) is 26.9 Å². The van der Waals surface area contributed by atoms with Crippen molar-refractivity contribution in [3.05, 3.63) is 30.4 Å². The first-order valence-corrected chi connectivity index (χ1v) is 8.02. The van der Waals surface area contributed by atoms with E-state index in [1.165, 1.54) is 6.42 Å². The molecule has 0 aliphatic carbocycles. The molecule has 1 atom stereocenters. The Morgan fingerprint density at radius 3 is 3.00 bits per heavy atom. The number of unbranched alkanes of at least 4 members (excludes halogenated alkanes) is 1. The van der Waals surface area contributed by atoms with Gasteiger partial charge >= 0.3 is 0 Å². The summed E-state index contributed by atoms with van der Waals surface area (Å²) in [5.41, 5.74) is 1.68. The largest absolute Gasteiger partial charge is 0.490 e. The van der Waals surface area contributed by atoms with E-state index in [0.29, 0.717) is 19.1 Å². The van der Waals surface area contributed by atoms with E-state index in [9.17, 15) is 4.39 Å². The van der Waals surface area contributed by atoms with Crippen molar-refractivity contribution < 1.29 is 9.13 Å². The SMILES string of the molecule is CN1CC[C@H]1COc1cncc(-n2cc(CCCCF)nn2)c1. The van der Waals surface area contributed by atoms with Crippen LogP contribution < -0.4 is 4.74 Å². The second-order valence-electron chi connectivity index (χ2n) is 5.91. The van der Waals surface area contributed by atoms with E-state index in [0.717, 1.165) is 36.5 Å². The van der Waals surface area contributed by atoms with Gasteiger partial charge < -0.3 is 4.74 Å². The van der Waals surface area contributed by atoms with Crippen molar-refractivity contribution >= 4 is 0 Å². The number of alkyl halides is 1. The Kier molecular flexibility index (Phi) is 5.17. The average Bonchev–Trinajstić information content (AvgIpc) is 3.03. The van der Waals surface area contributed by atoms with Crippen LogP contribution in [0.25, 0.3) is 5.69 Å². The number of aromatic nitrogens is 4. The van der Waals surface area contributed by atoms with Crippen molar-refractivity contribution in [2.45, 2.75) is 31.7 Å². The molecule has 124 valence electrons. The molecule has 3 rings (SSSR count). The fraction of sp³-hybridized carbons (Fsp3) is 0.562. The lowest BCUT2D eigenvalue weighted by atomic mass is 10.1. The number of likely N-dealkylation sites (tertiary alicyclic amines) is 1. The van der Waals surface area contributed by atoms with Crippen LogP contribution in [0.3, 0.4) is 0 Å². The highest BCUT2D eigenvalue weighted by Crippen LogP contribution is 2.19. The standard InChI is InChI=1S/C16H22FN5O/c1-21-7-5-14(21)12-23-16-8-15(9-18-10-16)22-11-13(19-20-22)4-2-3-6-17/h8-11,14H,2-7,12H2,1H3/t14-/m0/s1. The van der Waals surface area contributed by atoms with Crippen molar-refractivity contribution in [1.82, 2.24) is 24.9 Å². The fourth-order valence-corrected chi connectivity index (χ4v) is 2.52. The summed E-state index contributed by atoms with van der Waals surface area (Å²) in [7, 11) is 2.10. The van der Waals surface area contributed by atoms with Gasteiger partial charge in [-0.15, -0.1) is 5.10 Å². The van der Waals surface area contributed by atoms with Crippen LogP contribution in [-0.2, 0) is 6.42 Å². The van der Waals surface area contributed by atoms with Crippen LogP contribution in [0.5, 0.6) is 5.75 Å². The molecule has 23 heavy (non-hydrogen) atoms. The first-order valence-electron chi connectivity index (χ1n) is 8.02. The molecule has 0 amide bonds. The van der Waals surface area contributed by atoms with Crippen LogP contribution in [-0.4, -0.2) is 57.8 Å². The van der Waals surface area contributed by atoms with E-state index in [1.807, 2.05) is 12.3 Å². The number of likely N-dealkylation sites (N-methyl/N-ethyl adjacent to an activating group) is 1. The molecule has 7 heteroatoms. The molecule has 0 N–H and O–H groups in total. The van der Waals surface area contributed by atoms with Gasteiger partial charge in [-0.2, -0.15) is 0 Å². The van der Waals surface area contributed by atoms with Crippen molar-refractivity contribution in [2.24, 2.45) is 0 Å². The highest BCUT2D eigenvalue weighted by Gasteiger charge is 2.24. The summed E-state index contributed by atoms with van der Waals surface area (Å²) in [6.07, 6.45) is 8.55. The molecule has 0 saturated carbocycles. The van der Waals surface area contributed by atoms with Gasteiger partial charge in [0, 0.05) is 12.1 Å². The van der Waals surface area contributed by atoms with Gasteiger partial charge in [-0.05, 0) is 39.3 Å². The lowest BCUT2D eigenvalue weighted by Crippen LogP contribution is -2.48. The van der Waals surface area contributed by atoms with Gasteiger partial charge in [-0.3, -0.25) is 14.3 Å². The van der Waals surface area contributed by atoms with E-state index in [-0.39, 0.29) is 6.67 Å². The summed E-state index contributed by atoms with van der Waals surface area (Å²) in [5, 5.41) is 8.23. The van der Waals surface area contributed by atoms with Gasteiger partial charge in [0.1, 0.15) is 12.4 Å². The topological polar surface area (TPSA) is 56.1 Å². The molecule has 1 saturated heterocycles. The lowest BCUT2D eigenvalue weighted by Gasteiger charge is -2.37. The zero-order valence-electron chi connectivity index (χ0n) is 13.4. The number of hydrogen-bond acceptors (Lipinski definition) is 5. The fourth-order valence-electron chi connectivity index (χ4n) is 2.52. The number of pyridine rings is 1. The maximum absolute atomic E-state index is 12.1.